The number of hydrogen-bond donors (Lipinski definition) is 2. The number of hydrogen-bond acceptors (Lipinski definition) is 12. The summed E-state index contributed by atoms with van der Waals surface area (Å²) < 4.78 is 34.2. The largest absolute Gasteiger partial charge is 0.498 e. The van der Waals surface area contributed by atoms with Crippen LogP contribution in [0.1, 0.15) is 39.5 Å². The molecule has 238 valence electrons. The highest BCUT2D eigenvalue weighted by molar-refractivity contribution is 6.14. The fraction of sp³-hybridized carbons (Fsp3) is 0.625. The third kappa shape index (κ3) is 5.11. The summed E-state index contributed by atoms with van der Waals surface area (Å²) in [6.07, 6.45) is 4.57. The Morgan fingerprint density at radius 2 is 1.80 bits per heavy atom. The summed E-state index contributed by atoms with van der Waals surface area (Å²) in [6, 6.07) is 0. The number of carbonyl (C=O) groups is 4. The van der Waals surface area contributed by atoms with Crippen molar-refractivity contribution in [3.63, 3.8) is 0 Å². The van der Waals surface area contributed by atoms with E-state index >= 15 is 0 Å². The van der Waals surface area contributed by atoms with E-state index in [-0.39, 0.29) is 73.4 Å². The summed E-state index contributed by atoms with van der Waals surface area (Å²) in [5.41, 5.74) is -0.212. The van der Waals surface area contributed by atoms with E-state index < -0.39 is 59.8 Å². The van der Waals surface area contributed by atoms with Gasteiger partial charge >= 0.3 is 23.9 Å². The SMILES string of the molecule is COC1C[C@H]2C=C[C@H]3C[C@H]4O[C@]2(/C(C)=C/C2COC(=O)CCC5=C(/C=C/OCC(O)[C@H]2OC1=O)C(=O)OC5=O)[C@@H]3[C@H](O)[C@H]4C. The van der Waals surface area contributed by atoms with Crippen LogP contribution in [-0.4, -0.2) is 90.5 Å². The van der Waals surface area contributed by atoms with Crippen molar-refractivity contribution in [2.75, 3.05) is 20.3 Å². The van der Waals surface area contributed by atoms with E-state index in [0.29, 0.717) is 0 Å². The molecule has 5 heterocycles. The number of rotatable bonds is 1. The zero-order valence-electron chi connectivity index (χ0n) is 24.9. The molecule has 12 nitrogen and oxygen atoms in total. The molecule has 7 aliphatic rings. The van der Waals surface area contributed by atoms with Gasteiger partial charge in [-0.1, -0.05) is 25.2 Å². The van der Waals surface area contributed by atoms with Gasteiger partial charge in [0.05, 0.1) is 35.5 Å². The maximum absolute atomic E-state index is 13.6. The van der Waals surface area contributed by atoms with Crippen molar-refractivity contribution in [3.05, 3.63) is 47.3 Å². The fourth-order valence-corrected chi connectivity index (χ4v) is 7.90. The Balaban J connectivity index is 1.39. The first kappa shape index (κ1) is 30.7. The van der Waals surface area contributed by atoms with Gasteiger partial charge in [0.25, 0.3) is 0 Å². The molecule has 5 aliphatic heterocycles. The van der Waals surface area contributed by atoms with Gasteiger partial charge in [-0.3, -0.25) is 4.79 Å². The average Bonchev–Trinajstić information content (AvgIpc) is 3.26. The van der Waals surface area contributed by atoms with Gasteiger partial charge in [-0.15, -0.1) is 0 Å². The molecule has 12 heteroatoms. The number of cyclic esters (lactones) is 3. The predicted octanol–water partition coefficient (Wildman–Crippen LogP) is 1.44. The van der Waals surface area contributed by atoms with E-state index in [4.69, 9.17) is 23.7 Å². The highest BCUT2D eigenvalue weighted by atomic mass is 16.6. The lowest BCUT2D eigenvalue weighted by molar-refractivity contribution is -0.276. The molecule has 1 spiro atoms. The average molecular weight is 615 g/mol. The molecule has 2 saturated heterocycles. The molecule has 11 atom stereocenters. The minimum atomic E-state index is -1.40. The molecule has 7 rings (SSSR count). The molecule has 4 bridgehead atoms. The number of carbonyl (C=O) groups excluding carboxylic acids is 4. The second kappa shape index (κ2) is 11.9. The van der Waals surface area contributed by atoms with Crippen molar-refractivity contribution in [2.45, 2.75) is 75.7 Å². The molecule has 1 saturated carbocycles. The molecule has 0 aromatic heterocycles. The Morgan fingerprint density at radius 1 is 1.00 bits per heavy atom. The summed E-state index contributed by atoms with van der Waals surface area (Å²) >= 11 is 0. The summed E-state index contributed by atoms with van der Waals surface area (Å²) in [4.78, 5) is 50.8. The minimum Gasteiger partial charge on any atom is -0.498 e. The smallest absolute Gasteiger partial charge is 0.346 e. The van der Waals surface area contributed by atoms with Crippen LogP contribution in [0.15, 0.2) is 47.3 Å². The highest BCUT2D eigenvalue weighted by Crippen LogP contribution is 2.59. The Kier molecular flexibility index (Phi) is 8.29. The van der Waals surface area contributed by atoms with Crippen LogP contribution >= 0.6 is 0 Å². The van der Waals surface area contributed by atoms with Crippen molar-refractivity contribution in [1.82, 2.24) is 0 Å². The standard InChI is InChI=1S/C32H38O12/c1-15-10-18-13-41-25(34)7-6-20-21(30(37)43-29(20)36)8-9-40-14-22(33)28(18)42-31(38)24(39-3)12-19-5-4-17-11-23-16(2)27(35)26(17)32(15,19)44-23/h4-5,8-10,16-19,22-24,26-28,33,35H,6-7,11-14H2,1-3H3/b9-8+,15-10+/t16-,17-,18?,19+,22?,23+,24?,26-,27+,28-,32-/m0/s1. The second-order valence-electron chi connectivity index (χ2n) is 12.5. The topological polar surface area (TPSA) is 164 Å². The lowest BCUT2D eigenvalue weighted by Crippen LogP contribution is -2.69. The lowest BCUT2D eigenvalue weighted by Gasteiger charge is -2.64. The van der Waals surface area contributed by atoms with E-state index in [0.717, 1.165) is 18.3 Å². The number of esters is 4. The van der Waals surface area contributed by atoms with Crippen LogP contribution in [0.2, 0.25) is 0 Å². The number of aliphatic hydroxyl groups excluding tert-OH is 2. The molecule has 0 aromatic carbocycles. The third-order valence-electron chi connectivity index (χ3n) is 10.2. The van der Waals surface area contributed by atoms with Crippen LogP contribution < -0.4 is 0 Å². The van der Waals surface area contributed by atoms with Gasteiger partial charge in [0.1, 0.15) is 31.0 Å². The molecule has 44 heavy (non-hydrogen) atoms. The monoisotopic (exact) mass is 614 g/mol. The van der Waals surface area contributed by atoms with Crippen molar-refractivity contribution in [1.29, 1.82) is 0 Å². The molecule has 0 aromatic rings. The van der Waals surface area contributed by atoms with Crippen molar-refractivity contribution >= 4 is 23.9 Å². The third-order valence-corrected chi connectivity index (χ3v) is 10.2. The molecule has 3 unspecified atom stereocenters. The highest BCUT2D eigenvalue weighted by Gasteiger charge is 2.64. The molecule has 0 radical (unpaired) electrons. The van der Waals surface area contributed by atoms with Gasteiger partial charge < -0.3 is 38.6 Å². The summed E-state index contributed by atoms with van der Waals surface area (Å²) in [7, 11) is 1.41. The van der Waals surface area contributed by atoms with Crippen molar-refractivity contribution < 1.29 is 57.8 Å². The van der Waals surface area contributed by atoms with Gasteiger partial charge in [0.15, 0.2) is 6.10 Å². The first-order chi connectivity index (χ1) is 21.0. The van der Waals surface area contributed by atoms with E-state index in [1.54, 1.807) is 0 Å². The summed E-state index contributed by atoms with van der Waals surface area (Å²) in [6.45, 7) is 3.25. The van der Waals surface area contributed by atoms with E-state index in [1.165, 1.54) is 13.2 Å². The number of fused-ring (bicyclic) bond motifs is 2. The van der Waals surface area contributed by atoms with E-state index in [9.17, 15) is 29.4 Å². The van der Waals surface area contributed by atoms with Gasteiger partial charge in [-0.05, 0) is 43.8 Å². The summed E-state index contributed by atoms with van der Waals surface area (Å²) in [5, 5.41) is 22.8. The van der Waals surface area contributed by atoms with E-state index in [1.807, 2.05) is 26.0 Å². The second-order valence-corrected chi connectivity index (χ2v) is 12.5. The maximum Gasteiger partial charge on any atom is 0.346 e. The van der Waals surface area contributed by atoms with Crippen LogP contribution in [0.4, 0.5) is 0 Å². The fourth-order valence-electron chi connectivity index (χ4n) is 7.90. The molecular weight excluding hydrogens is 576 g/mol. The van der Waals surface area contributed by atoms with Gasteiger partial charge in [-0.25, -0.2) is 14.4 Å². The van der Waals surface area contributed by atoms with Crippen LogP contribution in [-0.2, 0) is 47.6 Å². The first-order valence-electron chi connectivity index (χ1n) is 15.1. The van der Waals surface area contributed by atoms with Crippen molar-refractivity contribution in [2.24, 2.45) is 29.6 Å². The number of methoxy groups -OCH3 is 1. The van der Waals surface area contributed by atoms with Crippen LogP contribution in [0.3, 0.4) is 0 Å². The zero-order chi connectivity index (χ0) is 31.3. The Labute approximate surface area is 254 Å². The van der Waals surface area contributed by atoms with Crippen LogP contribution in [0.5, 0.6) is 0 Å². The molecule has 2 N–H and O–H groups in total. The molecule has 3 fully saturated rings. The van der Waals surface area contributed by atoms with E-state index in [2.05, 4.69) is 10.8 Å². The Bertz CT molecular complexity index is 1340. The summed E-state index contributed by atoms with van der Waals surface area (Å²) in [5.74, 6) is -4.51. The van der Waals surface area contributed by atoms with Crippen LogP contribution in [0.25, 0.3) is 0 Å². The zero-order valence-corrected chi connectivity index (χ0v) is 24.9. The lowest BCUT2D eigenvalue weighted by atomic mass is 9.52. The Hall–Kier alpha value is -3.32. The van der Waals surface area contributed by atoms with Gasteiger partial charge in [0, 0.05) is 31.3 Å². The molecule has 0 amide bonds. The molecular formula is C32H38O12. The Morgan fingerprint density at radius 3 is 2.55 bits per heavy atom. The molecule has 2 aliphatic carbocycles. The first-order valence-corrected chi connectivity index (χ1v) is 15.1. The predicted molar refractivity (Wildman–Crippen MR) is 149 cm³/mol. The number of aliphatic hydroxyl groups is 2. The van der Waals surface area contributed by atoms with Crippen molar-refractivity contribution in [3.8, 4) is 0 Å². The minimum absolute atomic E-state index is 0.0265. The normalized spacial score (nSPS) is 44.4. The number of ether oxygens (including phenoxy) is 6. The maximum atomic E-state index is 13.6. The van der Waals surface area contributed by atoms with Gasteiger partial charge in [-0.2, -0.15) is 0 Å². The van der Waals surface area contributed by atoms with Gasteiger partial charge in [0.2, 0.25) is 0 Å². The quantitative estimate of drug-likeness (QED) is 0.189. The number of allylic oxidation sites excluding steroid dienone is 1. The van der Waals surface area contributed by atoms with Crippen LogP contribution in [0, 0.1) is 29.6 Å².